The lowest BCUT2D eigenvalue weighted by Crippen LogP contribution is -2.26. The maximum Gasteiger partial charge on any atom is 0.292 e. The van der Waals surface area contributed by atoms with E-state index in [0.717, 1.165) is 24.1 Å². The number of benzene rings is 1. The zero-order valence-corrected chi connectivity index (χ0v) is 11.6. The van der Waals surface area contributed by atoms with Crippen molar-refractivity contribution in [1.82, 2.24) is 0 Å². The van der Waals surface area contributed by atoms with Crippen LogP contribution in [-0.4, -0.2) is 24.2 Å². The molecule has 98 valence electrons. The second kappa shape index (κ2) is 5.67. The minimum atomic E-state index is -0.368. The SMILES string of the molecule is CC(Nc1cc(Br)ccc1[N+](=O)[O-])C1CCOC1. The summed E-state index contributed by atoms with van der Waals surface area (Å²) in [6, 6.07) is 5.07. The number of nitrogens with zero attached hydrogens (tertiary/aromatic N) is 1. The summed E-state index contributed by atoms with van der Waals surface area (Å²) in [5.74, 6) is 0.406. The highest BCUT2D eigenvalue weighted by Gasteiger charge is 2.24. The second-order valence-electron chi connectivity index (χ2n) is 4.48. The van der Waals surface area contributed by atoms with Crippen LogP contribution in [-0.2, 0) is 4.74 Å². The van der Waals surface area contributed by atoms with Gasteiger partial charge in [-0.05, 0) is 25.5 Å². The van der Waals surface area contributed by atoms with Gasteiger partial charge in [0, 0.05) is 29.1 Å². The molecule has 2 rings (SSSR count). The topological polar surface area (TPSA) is 64.4 Å². The summed E-state index contributed by atoms with van der Waals surface area (Å²) >= 11 is 3.33. The molecule has 6 heteroatoms. The van der Waals surface area contributed by atoms with Crippen LogP contribution in [0.15, 0.2) is 22.7 Å². The van der Waals surface area contributed by atoms with Crippen molar-refractivity contribution < 1.29 is 9.66 Å². The molecule has 5 nitrogen and oxygen atoms in total. The molecule has 0 spiro atoms. The summed E-state index contributed by atoms with van der Waals surface area (Å²) < 4.78 is 6.16. The molecule has 1 aliphatic rings. The third kappa shape index (κ3) is 3.00. The summed E-state index contributed by atoms with van der Waals surface area (Å²) in [5.41, 5.74) is 0.651. The Morgan fingerprint density at radius 3 is 3.00 bits per heavy atom. The maximum absolute atomic E-state index is 11.0. The summed E-state index contributed by atoms with van der Waals surface area (Å²) in [7, 11) is 0. The second-order valence-corrected chi connectivity index (χ2v) is 5.39. The number of nitro benzene ring substituents is 1. The van der Waals surface area contributed by atoms with Gasteiger partial charge in [-0.2, -0.15) is 0 Å². The summed E-state index contributed by atoms with van der Waals surface area (Å²) in [6.07, 6.45) is 0.996. The molecule has 1 fully saturated rings. The van der Waals surface area contributed by atoms with E-state index in [-0.39, 0.29) is 16.7 Å². The van der Waals surface area contributed by atoms with Gasteiger partial charge in [-0.15, -0.1) is 0 Å². The molecule has 0 radical (unpaired) electrons. The van der Waals surface area contributed by atoms with E-state index in [4.69, 9.17) is 4.74 Å². The van der Waals surface area contributed by atoms with Crippen LogP contribution < -0.4 is 5.32 Å². The number of ether oxygens (including phenoxy) is 1. The average Bonchev–Trinajstić information content (AvgIpc) is 2.81. The van der Waals surface area contributed by atoms with Crippen molar-refractivity contribution in [2.45, 2.75) is 19.4 Å². The molecular weight excluding hydrogens is 300 g/mol. The number of nitrogens with one attached hydrogen (secondary N) is 1. The number of rotatable bonds is 4. The van der Waals surface area contributed by atoms with Gasteiger partial charge in [0.15, 0.2) is 0 Å². The van der Waals surface area contributed by atoms with Crippen molar-refractivity contribution in [3.05, 3.63) is 32.8 Å². The zero-order valence-electron chi connectivity index (χ0n) is 10.1. The maximum atomic E-state index is 11.0. The molecule has 0 amide bonds. The Morgan fingerprint density at radius 1 is 1.61 bits per heavy atom. The number of anilines is 1. The first kappa shape index (κ1) is 13.3. The van der Waals surface area contributed by atoms with Crippen LogP contribution in [0.4, 0.5) is 11.4 Å². The molecule has 2 atom stereocenters. The number of halogens is 1. The fraction of sp³-hybridized carbons (Fsp3) is 0.500. The molecule has 18 heavy (non-hydrogen) atoms. The van der Waals surface area contributed by atoms with Crippen LogP contribution >= 0.6 is 15.9 Å². The Morgan fingerprint density at radius 2 is 2.39 bits per heavy atom. The van der Waals surface area contributed by atoms with Crippen LogP contribution in [0.25, 0.3) is 0 Å². The standard InChI is InChI=1S/C12H15BrN2O3/c1-8(9-4-5-18-7-9)14-11-6-10(13)2-3-12(11)15(16)17/h2-3,6,8-9,14H,4-5,7H2,1H3. The van der Waals surface area contributed by atoms with E-state index in [1.165, 1.54) is 6.07 Å². The van der Waals surface area contributed by atoms with Crippen LogP contribution in [0.3, 0.4) is 0 Å². The Bertz CT molecular complexity index is 447. The molecule has 0 aromatic heterocycles. The van der Waals surface area contributed by atoms with Gasteiger partial charge in [-0.3, -0.25) is 10.1 Å². The first-order valence-electron chi connectivity index (χ1n) is 5.86. The first-order chi connectivity index (χ1) is 8.58. The summed E-state index contributed by atoms with van der Waals surface area (Å²) in [6.45, 7) is 3.53. The van der Waals surface area contributed by atoms with E-state index < -0.39 is 0 Å². The lowest BCUT2D eigenvalue weighted by atomic mass is 10.0. The molecule has 0 aliphatic carbocycles. The lowest BCUT2D eigenvalue weighted by Gasteiger charge is -2.20. The Balaban J connectivity index is 2.16. The van der Waals surface area contributed by atoms with E-state index >= 15 is 0 Å². The quantitative estimate of drug-likeness (QED) is 0.684. The Hall–Kier alpha value is -1.14. The molecule has 1 heterocycles. The van der Waals surface area contributed by atoms with Gasteiger partial charge in [-0.1, -0.05) is 15.9 Å². The highest BCUT2D eigenvalue weighted by atomic mass is 79.9. The molecule has 2 unspecified atom stereocenters. The minimum absolute atomic E-state index is 0.101. The zero-order chi connectivity index (χ0) is 13.1. The molecular formula is C12H15BrN2O3. The van der Waals surface area contributed by atoms with E-state index in [1.54, 1.807) is 12.1 Å². The predicted molar refractivity (Wildman–Crippen MR) is 72.8 cm³/mol. The minimum Gasteiger partial charge on any atom is -0.381 e. The largest absolute Gasteiger partial charge is 0.381 e. The van der Waals surface area contributed by atoms with Gasteiger partial charge in [0.2, 0.25) is 0 Å². The monoisotopic (exact) mass is 314 g/mol. The van der Waals surface area contributed by atoms with Gasteiger partial charge >= 0.3 is 0 Å². The van der Waals surface area contributed by atoms with Crippen LogP contribution in [0, 0.1) is 16.0 Å². The molecule has 1 aliphatic heterocycles. The van der Waals surface area contributed by atoms with Crippen molar-refractivity contribution in [2.75, 3.05) is 18.5 Å². The van der Waals surface area contributed by atoms with Crippen molar-refractivity contribution in [3.8, 4) is 0 Å². The van der Waals surface area contributed by atoms with Crippen LogP contribution in [0.5, 0.6) is 0 Å². The Labute approximate surface area is 114 Å². The van der Waals surface area contributed by atoms with Crippen molar-refractivity contribution in [2.24, 2.45) is 5.92 Å². The number of hydrogen-bond donors (Lipinski definition) is 1. The van der Waals surface area contributed by atoms with Crippen molar-refractivity contribution in [3.63, 3.8) is 0 Å². The average molecular weight is 315 g/mol. The Kier molecular flexibility index (Phi) is 4.19. The third-order valence-electron chi connectivity index (χ3n) is 3.21. The van der Waals surface area contributed by atoms with Gasteiger partial charge in [0.25, 0.3) is 5.69 Å². The van der Waals surface area contributed by atoms with Gasteiger partial charge in [0.1, 0.15) is 5.69 Å². The highest BCUT2D eigenvalue weighted by molar-refractivity contribution is 9.10. The fourth-order valence-electron chi connectivity index (χ4n) is 2.09. The molecule has 0 bridgehead atoms. The smallest absolute Gasteiger partial charge is 0.292 e. The van der Waals surface area contributed by atoms with Crippen molar-refractivity contribution >= 4 is 27.3 Å². The number of hydrogen-bond acceptors (Lipinski definition) is 4. The van der Waals surface area contributed by atoms with Crippen molar-refractivity contribution in [1.29, 1.82) is 0 Å². The lowest BCUT2D eigenvalue weighted by molar-refractivity contribution is -0.384. The van der Waals surface area contributed by atoms with Crippen LogP contribution in [0.1, 0.15) is 13.3 Å². The van der Waals surface area contributed by atoms with E-state index in [9.17, 15) is 10.1 Å². The molecule has 0 saturated carbocycles. The fourth-order valence-corrected chi connectivity index (χ4v) is 2.45. The molecule has 1 aromatic carbocycles. The van der Waals surface area contributed by atoms with Crippen LogP contribution in [0.2, 0.25) is 0 Å². The third-order valence-corrected chi connectivity index (χ3v) is 3.70. The van der Waals surface area contributed by atoms with E-state index in [1.807, 2.05) is 6.92 Å². The summed E-state index contributed by atoms with van der Waals surface area (Å²) in [4.78, 5) is 10.6. The summed E-state index contributed by atoms with van der Waals surface area (Å²) in [5, 5.41) is 14.2. The predicted octanol–water partition coefficient (Wildman–Crippen LogP) is 3.19. The molecule has 1 saturated heterocycles. The molecule has 1 aromatic rings. The van der Waals surface area contributed by atoms with Gasteiger partial charge in [0.05, 0.1) is 11.5 Å². The van der Waals surface area contributed by atoms with E-state index in [2.05, 4.69) is 21.2 Å². The molecule has 1 N–H and O–H groups in total. The normalized spacial score (nSPS) is 20.7. The highest BCUT2D eigenvalue weighted by Crippen LogP contribution is 2.30. The first-order valence-corrected chi connectivity index (χ1v) is 6.65. The van der Waals surface area contributed by atoms with Gasteiger partial charge in [-0.25, -0.2) is 0 Å². The van der Waals surface area contributed by atoms with E-state index in [0.29, 0.717) is 11.6 Å². The van der Waals surface area contributed by atoms with Gasteiger partial charge < -0.3 is 10.1 Å². The number of nitro groups is 1.